The summed E-state index contributed by atoms with van der Waals surface area (Å²) in [5, 5.41) is 2.63. The Bertz CT molecular complexity index is 136. The van der Waals surface area contributed by atoms with Crippen LogP contribution in [0, 0.1) is 5.92 Å². The van der Waals surface area contributed by atoms with Crippen LogP contribution in [-0.2, 0) is 4.79 Å². The van der Waals surface area contributed by atoms with Crippen molar-refractivity contribution in [1.29, 1.82) is 0 Å². The highest BCUT2D eigenvalue weighted by atomic mass is 16.1. The lowest BCUT2D eigenvalue weighted by Crippen LogP contribution is -2.26. The Morgan fingerprint density at radius 1 is 1.60 bits per heavy atom. The predicted octanol–water partition coefficient (Wildman–Crippen LogP) is -0.140. The number of carbonyl (C=O) groups is 1. The van der Waals surface area contributed by atoms with E-state index in [4.69, 9.17) is 5.73 Å². The lowest BCUT2D eigenvalue weighted by molar-refractivity contribution is -0.124. The maximum absolute atomic E-state index is 11.0. The summed E-state index contributed by atoms with van der Waals surface area (Å²) in [4.78, 5) is 11.0. The van der Waals surface area contributed by atoms with Crippen molar-refractivity contribution in [3.63, 3.8) is 0 Å². The SMILES string of the molecule is CNC(=O)[C@@H]1CC[C@@H](N)C1. The normalized spacial score (nSPS) is 32.2. The molecule has 0 aromatic carbocycles. The lowest BCUT2D eigenvalue weighted by atomic mass is 10.1. The third kappa shape index (κ3) is 1.48. The van der Waals surface area contributed by atoms with Crippen molar-refractivity contribution in [2.45, 2.75) is 25.3 Å². The Balaban J connectivity index is 2.37. The first-order valence-corrected chi connectivity index (χ1v) is 3.71. The number of hydrogen-bond donors (Lipinski definition) is 2. The zero-order valence-corrected chi connectivity index (χ0v) is 6.26. The molecule has 0 spiro atoms. The molecule has 3 nitrogen and oxygen atoms in total. The van der Waals surface area contributed by atoms with Crippen LogP contribution in [0.1, 0.15) is 19.3 Å². The summed E-state index contributed by atoms with van der Waals surface area (Å²) in [5.74, 6) is 0.327. The van der Waals surface area contributed by atoms with Gasteiger partial charge in [-0.15, -0.1) is 0 Å². The Morgan fingerprint density at radius 3 is 2.70 bits per heavy atom. The van der Waals surface area contributed by atoms with Crippen LogP contribution in [0.2, 0.25) is 0 Å². The van der Waals surface area contributed by atoms with Crippen LogP contribution >= 0.6 is 0 Å². The first-order valence-electron chi connectivity index (χ1n) is 3.71. The number of nitrogens with one attached hydrogen (secondary N) is 1. The van der Waals surface area contributed by atoms with Gasteiger partial charge in [-0.3, -0.25) is 4.79 Å². The Kier molecular flexibility index (Phi) is 2.27. The van der Waals surface area contributed by atoms with Crippen LogP contribution in [-0.4, -0.2) is 19.0 Å². The molecule has 58 valence electrons. The molecule has 1 saturated carbocycles. The zero-order valence-electron chi connectivity index (χ0n) is 6.26. The highest BCUT2D eigenvalue weighted by molar-refractivity contribution is 5.78. The minimum Gasteiger partial charge on any atom is -0.359 e. The summed E-state index contributed by atoms with van der Waals surface area (Å²) in [6, 6.07) is 0.252. The fourth-order valence-corrected chi connectivity index (χ4v) is 1.46. The summed E-state index contributed by atoms with van der Waals surface area (Å²) < 4.78 is 0. The van der Waals surface area contributed by atoms with E-state index in [2.05, 4.69) is 5.32 Å². The van der Waals surface area contributed by atoms with Crippen LogP contribution < -0.4 is 11.1 Å². The first-order chi connectivity index (χ1) is 4.74. The van der Waals surface area contributed by atoms with Gasteiger partial charge in [0.2, 0.25) is 5.91 Å². The molecule has 2 atom stereocenters. The van der Waals surface area contributed by atoms with Crippen molar-refractivity contribution in [3.05, 3.63) is 0 Å². The van der Waals surface area contributed by atoms with Crippen molar-refractivity contribution in [3.8, 4) is 0 Å². The molecular formula is C7H14N2O. The molecular weight excluding hydrogens is 128 g/mol. The van der Waals surface area contributed by atoms with Gasteiger partial charge >= 0.3 is 0 Å². The van der Waals surface area contributed by atoms with Crippen molar-refractivity contribution >= 4 is 5.91 Å². The Morgan fingerprint density at radius 2 is 2.30 bits per heavy atom. The molecule has 0 aliphatic heterocycles. The van der Waals surface area contributed by atoms with E-state index in [1.54, 1.807) is 7.05 Å². The summed E-state index contributed by atoms with van der Waals surface area (Å²) in [5.41, 5.74) is 5.64. The Labute approximate surface area is 61.0 Å². The third-order valence-corrected chi connectivity index (χ3v) is 2.09. The molecule has 1 aliphatic carbocycles. The second kappa shape index (κ2) is 3.01. The number of carbonyl (C=O) groups excluding carboxylic acids is 1. The minimum absolute atomic E-state index is 0.146. The summed E-state index contributed by atoms with van der Waals surface area (Å²) in [7, 11) is 1.67. The van der Waals surface area contributed by atoms with Gasteiger partial charge in [0.05, 0.1) is 0 Å². The summed E-state index contributed by atoms with van der Waals surface area (Å²) in [6.07, 6.45) is 2.82. The van der Waals surface area contributed by atoms with Gasteiger partial charge < -0.3 is 11.1 Å². The molecule has 1 amide bonds. The maximum Gasteiger partial charge on any atom is 0.222 e. The van der Waals surface area contributed by atoms with Gasteiger partial charge in [0.25, 0.3) is 0 Å². The average Bonchev–Trinajstić information content (AvgIpc) is 2.34. The van der Waals surface area contributed by atoms with Gasteiger partial charge in [0, 0.05) is 19.0 Å². The molecule has 1 rings (SSSR count). The molecule has 0 aromatic rings. The summed E-state index contributed by atoms with van der Waals surface area (Å²) in [6.45, 7) is 0. The average molecular weight is 142 g/mol. The van der Waals surface area contributed by atoms with Crippen LogP contribution in [0.25, 0.3) is 0 Å². The van der Waals surface area contributed by atoms with E-state index in [1.807, 2.05) is 0 Å². The molecule has 0 unspecified atom stereocenters. The molecule has 10 heavy (non-hydrogen) atoms. The molecule has 0 heterocycles. The fourth-order valence-electron chi connectivity index (χ4n) is 1.46. The van der Waals surface area contributed by atoms with E-state index in [-0.39, 0.29) is 17.9 Å². The Hall–Kier alpha value is -0.570. The van der Waals surface area contributed by atoms with Crippen molar-refractivity contribution in [1.82, 2.24) is 5.32 Å². The molecule has 1 aliphatic rings. The molecule has 0 aromatic heterocycles. The van der Waals surface area contributed by atoms with E-state index >= 15 is 0 Å². The van der Waals surface area contributed by atoms with Gasteiger partial charge in [-0.1, -0.05) is 0 Å². The van der Waals surface area contributed by atoms with Crippen molar-refractivity contribution < 1.29 is 4.79 Å². The topological polar surface area (TPSA) is 55.1 Å². The van der Waals surface area contributed by atoms with E-state index in [0.717, 1.165) is 19.3 Å². The number of amides is 1. The highest BCUT2D eigenvalue weighted by Gasteiger charge is 2.26. The van der Waals surface area contributed by atoms with Gasteiger partial charge in [-0.05, 0) is 19.3 Å². The smallest absolute Gasteiger partial charge is 0.222 e. The maximum atomic E-state index is 11.0. The standard InChI is InChI=1S/C7H14N2O/c1-9-7(10)5-2-3-6(8)4-5/h5-6H,2-4,8H2,1H3,(H,9,10)/t5-,6-/m1/s1. The third-order valence-electron chi connectivity index (χ3n) is 2.09. The first kappa shape index (κ1) is 7.54. The fraction of sp³-hybridized carbons (Fsp3) is 0.857. The van der Waals surface area contributed by atoms with Gasteiger partial charge in [-0.25, -0.2) is 0 Å². The zero-order chi connectivity index (χ0) is 7.56. The quantitative estimate of drug-likeness (QED) is 0.535. The molecule has 0 saturated heterocycles. The van der Waals surface area contributed by atoms with E-state index in [1.165, 1.54) is 0 Å². The van der Waals surface area contributed by atoms with E-state index < -0.39 is 0 Å². The van der Waals surface area contributed by atoms with Gasteiger partial charge in [0.15, 0.2) is 0 Å². The second-order valence-electron chi connectivity index (χ2n) is 2.88. The number of nitrogens with two attached hydrogens (primary N) is 1. The largest absolute Gasteiger partial charge is 0.359 e. The van der Waals surface area contributed by atoms with E-state index in [0.29, 0.717) is 0 Å². The molecule has 0 radical (unpaired) electrons. The molecule has 3 heteroatoms. The highest BCUT2D eigenvalue weighted by Crippen LogP contribution is 2.23. The second-order valence-corrected chi connectivity index (χ2v) is 2.88. The van der Waals surface area contributed by atoms with Crippen LogP contribution in [0.5, 0.6) is 0 Å². The van der Waals surface area contributed by atoms with E-state index in [9.17, 15) is 4.79 Å². The monoisotopic (exact) mass is 142 g/mol. The lowest BCUT2D eigenvalue weighted by Gasteiger charge is -2.05. The molecule has 3 N–H and O–H groups in total. The van der Waals surface area contributed by atoms with Gasteiger partial charge in [-0.2, -0.15) is 0 Å². The number of hydrogen-bond acceptors (Lipinski definition) is 2. The molecule has 1 fully saturated rings. The predicted molar refractivity (Wildman–Crippen MR) is 39.4 cm³/mol. The van der Waals surface area contributed by atoms with Crippen LogP contribution in [0.3, 0.4) is 0 Å². The van der Waals surface area contributed by atoms with Crippen molar-refractivity contribution in [2.75, 3.05) is 7.05 Å². The van der Waals surface area contributed by atoms with Crippen LogP contribution in [0.4, 0.5) is 0 Å². The number of rotatable bonds is 1. The summed E-state index contributed by atoms with van der Waals surface area (Å²) >= 11 is 0. The minimum atomic E-state index is 0.146. The van der Waals surface area contributed by atoms with Gasteiger partial charge in [0.1, 0.15) is 0 Å². The van der Waals surface area contributed by atoms with Crippen LogP contribution in [0.15, 0.2) is 0 Å². The van der Waals surface area contributed by atoms with Crippen molar-refractivity contribution in [2.24, 2.45) is 11.7 Å². The molecule has 0 bridgehead atoms.